The average molecular weight is 264 g/mol. The smallest absolute Gasteiger partial charge is 0.343 e. The second kappa shape index (κ2) is 5.64. The molecule has 1 unspecified atom stereocenters. The van der Waals surface area contributed by atoms with Crippen LogP contribution >= 0.6 is 0 Å². The molecule has 0 saturated carbocycles. The molecule has 1 aromatic rings. The van der Waals surface area contributed by atoms with Gasteiger partial charge in [-0.25, -0.2) is 14.8 Å². The first kappa shape index (κ1) is 13.3. The molecule has 1 fully saturated rings. The van der Waals surface area contributed by atoms with Crippen molar-refractivity contribution >= 4 is 17.7 Å². The summed E-state index contributed by atoms with van der Waals surface area (Å²) < 4.78 is 4.67. The number of esters is 1. The molecule has 1 atom stereocenters. The first-order chi connectivity index (χ1) is 9.11. The van der Waals surface area contributed by atoms with Crippen LogP contribution in [0.3, 0.4) is 0 Å². The molecule has 7 heteroatoms. The van der Waals surface area contributed by atoms with E-state index in [0.717, 1.165) is 6.42 Å². The third-order valence-electron chi connectivity index (χ3n) is 2.91. The van der Waals surface area contributed by atoms with E-state index in [4.69, 9.17) is 0 Å². The molecule has 0 bridgehead atoms. The fourth-order valence-corrected chi connectivity index (χ4v) is 1.91. The molecule has 0 spiro atoms. The van der Waals surface area contributed by atoms with Crippen molar-refractivity contribution in [2.24, 2.45) is 0 Å². The van der Waals surface area contributed by atoms with E-state index < -0.39 is 5.97 Å². The molecule has 1 aliphatic heterocycles. The molecule has 2 N–H and O–H groups in total. The van der Waals surface area contributed by atoms with Crippen LogP contribution < -0.4 is 10.6 Å². The van der Waals surface area contributed by atoms with Gasteiger partial charge in [0.2, 0.25) is 5.91 Å². The molecular formula is C12H16N4O3. The molecular weight excluding hydrogens is 248 g/mol. The molecule has 1 aliphatic rings. The van der Waals surface area contributed by atoms with Gasteiger partial charge >= 0.3 is 5.97 Å². The summed E-state index contributed by atoms with van der Waals surface area (Å²) >= 11 is 0. The second-order valence-corrected chi connectivity index (χ2v) is 4.30. The van der Waals surface area contributed by atoms with Crippen LogP contribution in [0.15, 0.2) is 6.20 Å². The number of carbonyl (C=O) groups is 2. The van der Waals surface area contributed by atoms with Crippen molar-refractivity contribution < 1.29 is 14.3 Å². The van der Waals surface area contributed by atoms with Crippen LogP contribution in [-0.2, 0) is 9.53 Å². The van der Waals surface area contributed by atoms with Crippen LogP contribution in [0.4, 0.5) is 5.82 Å². The van der Waals surface area contributed by atoms with Crippen LogP contribution in [0.1, 0.15) is 29.0 Å². The minimum Gasteiger partial charge on any atom is -0.465 e. The molecule has 102 valence electrons. The van der Waals surface area contributed by atoms with Crippen molar-refractivity contribution in [3.05, 3.63) is 17.6 Å². The van der Waals surface area contributed by atoms with Crippen molar-refractivity contribution in [3.63, 3.8) is 0 Å². The fourth-order valence-electron chi connectivity index (χ4n) is 1.91. The van der Waals surface area contributed by atoms with Crippen LogP contribution in [0, 0.1) is 6.92 Å². The van der Waals surface area contributed by atoms with Crippen LogP contribution in [0.2, 0.25) is 0 Å². The van der Waals surface area contributed by atoms with Gasteiger partial charge in [0.15, 0.2) is 0 Å². The van der Waals surface area contributed by atoms with Gasteiger partial charge in [0.05, 0.1) is 7.11 Å². The zero-order chi connectivity index (χ0) is 13.8. The Labute approximate surface area is 110 Å². The topological polar surface area (TPSA) is 93.2 Å². The summed E-state index contributed by atoms with van der Waals surface area (Å²) in [5.74, 6) is 0.241. The summed E-state index contributed by atoms with van der Waals surface area (Å²) in [4.78, 5) is 31.5. The van der Waals surface area contributed by atoms with E-state index in [1.54, 1.807) is 6.92 Å². The van der Waals surface area contributed by atoms with Gasteiger partial charge < -0.3 is 15.4 Å². The average Bonchev–Trinajstić information content (AvgIpc) is 2.41. The number of hydrogen-bond donors (Lipinski definition) is 2. The number of carbonyl (C=O) groups excluding carboxylic acids is 2. The number of aryl methyl sites for hydroxylation is 1. The third kappa shape index (κ3) is 2.98. The van der Waals surface area contributed by atoms with Gasteiger partial charge in [-0.05, 0) is 19.8 Å². The Morgan fingerprint density at radius 3 is 3.05 bits per heavy atom. The summed E-state index contributed by atoms with van der Waals surface area (Å²) in [5.41, 5.74) is 0.228. The van der Waals surface area contributed by atoms with E-state index >= 15 is 0 Å². The number of nitrogens with one attached hydrogen (secondary N) is 2. The van der Waals surface area contributed by atoms with E-state index in [1.165, 1.54) is 13.3 Å². The Kier molecular flexibility index (Phi) is 3.94. The lowest BCUT2D eigenvalue weighted by Crippen LogP contribution is -2.44. The highest BCUT2D eigenvalue weighted by atomic mass is 16.5. The third-order valence-corrected chi connectivity index (χ3v) is 2.91. The Balaban J connectivity index is 2.24. The van der Waals surface area contributed by atoms with Gasteiger partial charge in [-0.1, -0.05) is 0 Å². The van der Waals surface area contributed by atoms with Crippen molar-refractivity contribution in [1.82, 2.24) is 15.3 Å². The highest BCUT2D eigenvalue weighted by Gasteiger charge is 2.24. The lowest BCUT2D eigenvalue weighted by Gasteiger charge is -2.23. The van der Waals surface area contributed by atoms with Crippen molar-refractivity contribution in [3.8, 4) is 0 Å². The maximum atomic E-state index is 11.7. The number of amides is 1. The second-order valence-electron chi connectivity index (χ2n) is 4.30. The number of rotatable bonds is 3. The molecule has 2 heterocycles. The molecule has 7 nitrogen and oxygen atoms in total. The minimum absolute atomic E-state index is 0.0849. The van der Waals surface area contributed by atoms with E-state index in [9.17, 15) is 9.59 Å². The van der Waals surface area contributed by atoms with Crippen LogP contribution in [-0.4, -0.2) is 41.5 Å². The van der Waals surface area contributed by atoms with Crippen molar-refractivity contribution in [1.29, 1.82) is 0 Å². The Bertz CT molecular complexity index is 504. The van der Waals surface area contributed by atoms with E-state index in [-0.39, 0.29) is 17.5 Å². The normalized spacial score (nSPS) is 18.6. The first-order valence-corrected chi connectivity index (χ1v) is 6.08. The van der Waals surface area contributed by atoms with Gasteiger partial charge in [-0.15, -0.1) is 0 Å². The number of piperidine rings is 1. The van der Waals surface area contributed by atoms with Gasteiger partial charge in [-0.3, -0.25) is 4.79 Å². The van der Waals surface area contributed by atoms with E-state index in [2.05, 4.69) is 25.3 Å². The van der Waals surface area contributed by atoms with E-state index in [1.807, 2.05) is 0 Å². The molecule has 1 aromatic heterocycles. The van der Waals surface area contributed by atoms with E-state index in [0.29, 0.717) is 24.6 Å². The number of nitrogens with zero attached hydrogens (tertiary/aromatic N) is 2. The quantitative estimate of drug-likeness (QED) is 0.761. The van der Waals surface area contributed by atoms with Crippen molar-refractivity contribution in [2.45, 2.75) is 25.8 Å². The van der Waals surface area contributed by atoms with Gasteiger partial charge in [0, 0.05) is 12.7 Å². The van der Waals surface area contributed by atoms with Crippen LogP contribution in [0.5, 0.6) is 0 Å². The number of methoxy groups -OCH3 is 1. The largest absolute Gasteiger partial charge is 0.465 e. The fraction of sp³-hybridized carbons (Fsp3) is 0.500. The molecule has 0 aromatic carbocycles. The van der Waals surface area contributed by atoms with Crippen molar-refractivity contribution in [2.75, 3.05) is 19.0 Å². The molecule has 1 saturated heterocycles. The summed E-state index contributed by atoms with van der Waals surface area (Å²) in [7, 11) is 1.29. The van der Waals surface area contributed by atoms with Gasteiger partial charge in [-0.2, -0.15) is 0 Å². The van der Waals surface area contributed by atoms with Crippen LogP contribution in [0.25, 0.3) is 0 Å². The Hall–Kier alpha value is -2.18. The highest BCUT2D eigenvalue weighted by molar-refractivity contribution is 5.95. The summed E-state index contributed by atoms with van der Waals surface area (Å²) in [6.45, 7) is 2.40. The zero-order valence-electron chi connectivity index (χ0n) is 10.9. The molecule has 19 heavy (non-hydrogen) atoms. The predicted molar refractivity (Wildman–Crippen MR) is 67.8 cm³/mol. The Morgan fingerprint density at radius 2 is 2.37 bits per heavy atom. The Morgan fingerprint density at radius 1 is 1.58 bits per heavy atom. The van der Waals surface area contributed by atoms with Gasteiger partial charge in [0.1, 0.15) is 23.2 Å². The SMILES string of the molecule is COC(=O)c1cnc(C)nc1NC1CCCNC1=O. The number of aromatic nitrogens is 2. The molecule has 0 radical (unpaired) electrons. The highest BCUT2D eigenvalue weighted by Crippen LogP contribution is 2.16. The monoisotopic (exact) mass is 264 g/mol. The lowest BCUT2D eigenvalue weighted by molar-refractivity contribution is -0.123. The minimum atomic E-state index is -0.529. The molecule has 1 amide bonds. The first-order valence-electron chi connectivity index (χ1n) is 6.08. The number of anilines is 1. The number of hydrogen-bond acceptors (Lipinski definition) is 6. The van der Waals surface area contributed by atoms with Gasteiger partial charge in [0.25, 0.3) is 0 Å². The maximum Gasteiger partial charge on any atom is 0.343 e. The predicted octanol–water partition coefficient (Wildman–Crippen LogP) is 0.262. The lowest BCUT2D eigenvalue weighted by atomic mass is 10.1. The zero-order valence-corrected chi connectivity index (χ0v) is 10.9. The maximum absolute atomic E-state index is 11.7. The summed E-state index contributed by atoms with van der Waals surface area (Å²) in [6, 6.07) is -0.383. The molecule has 2 rings (SSSR count). The standard InChI is InChI=1S/C12H16N4O3/c1-7-14-6-8(12(18)19-2)10(15-7)16-9-4-3-5-13-11(9)17/h6,9H,3-5H2,1-2H3,(H,13,17)(H,14,15,16). The summed E-state index contributed by atoms with van der Waals surface area (Å²) in [5, 5.41) is 5.76. The summed E-state index contributed by atoms with van der Waals surface area (Å²) in [6.07, 6.45) is 2.99. The number of ether oxygens (including phenoxy) is 1. The molecule has 0 aliphatic carbocycles.